The molecule has 0 radical (unpaired) electrons. The maximum absolute atomic E-state index is 13.6. The smallest absolute Gasteiger partial charge is 0.230 e. The number of piperidine rings is 1. The Morgan fingerprint density at radius 3 is 2.64 bits per heavy atom. The number of rotatable bonds is 6. The fourth-order valence-corrected chi connectivity index (χ4v) is 4.77. The van der Waals surface area contributed by atoms with Gasteiger partial charge in [-0.2, -0.15) is 0 Å². The van der Waals surface area contributed by atoms with Crippen molar-refractivity contribution in [2.75, 3.05) is 36.9 Å². The Morgan fingerprint density at radius 2 is 1.94 bits per heavy atom. The third-order valence-electron chi connectivity index (χ3n) is 6.30. The van der Waals surface area contributed by atoms with Gasteiger partial charge >= 0.3 is 0 Å². The van der Waals surface area contributed by atoms with Crippen LogP contribution in [-0.4, -0.2) is 52.1 Å². The summed E-state index contributed by atoms with van der Waals surface area (Å²) in [7, 11) is 1.93. The molecule has 36 heavy (non-hydrogen) atoms. The van der Waals surface area contributed by atoms with Crippen LogP contribution in [0, 0.1) is 5.82 Å². The largest absolute Gasteiger partial charge is 0.356 e. The lowest BCUT2D eigenvalue weighted by Crippen LogP contribution is -2.35. The molecule has 3 aromatic rings. The van der Waals surface area contributed by atoms with Crippen molar-refractivity contribution in [3.8, 4) is 11.3 Å². The van der Waals surface area contributed by atoms with Crippen molar-refractivity contribution in [2.45, 2.75) is 31.7 Å². The number of halogens is 5. The van der Waals surface area contributed by atoms with Crippen LogP contribution >= 0.6 is 48.8 Å². The summed E-state index contributed by atoms with van der Waals surface area (Å²) in [5, 5.41) is 6.08. The van der Waals surface area contributed by atoms with E-state index in [-0.39, 0.29) is 54.1 Å². The fraction of sp³-hybridized carbons (Fsp3) is 0.391. The molecule has 2 aliphatic heterocycles. The van der Waals surface area contributed by atoms with E-state index < -0.39 is 5.82 Å². The second-order valence-electron chi connectivity index (χ2n) is 8.42. The Hall–Kier alpha value is -2.17. The van der Waals surface area contributed by atoms with Crippen molar-refractivity contribution >= 4 is 66.4 Å². The monoisotopic (exact) mass is 577 g/mol. The van der Waals surface area contributed by atoms with E-state index >= 15 is 0 Å². The number of likely N-dealkylation sites (N-methyl/N-ethyl adjacent to an activating group) is 1. The van der Waals surface area contributed by atoms with Gasteiger partial charge in [0.25, 0.3) is 0 Å². The molecule has 1 amide bonds. The maximum Gasteiger partial charge on any atom is 0.230 e. The number of anilines is 2. The Labute approximate surface area is 232 Å². The van der Waals surface area contributed by atoms with Crippen molar-refractivity contribution in [1.82, 2.24) is 24.8 Å². The van der Waals surface area contributed by atoms with Gasteiger partial charge in [-0.3, -0.25) is 4.79 Å². The van der Waals surface area contributed by atoms with Gasteiger partial charge in [0.05, 0.1) is 17.1 Å². The highest BCUT2D eigenvalue weighted by atomic mass is 35.5. The molecule has 0 atom stereocenters. The van der Waals surface area contributed by atoms with E-state index in [2.05, 4.69) is 30.1 Å². The van der Waals surface area contributed by atoms with E-state index in [1.807, 2.05) is 13.2 Å². The number of nitrogens with zero attached hydrogens (tertiary/aromatic N) is 5. The second-order valence-corrected chi connectivity index (χ2v) is 8.83. The Bertz CT molecular complexity index is 1200. The number of hydrogen-bond acceptors (Lipinski definition) is 6. The minimum Gasteiger partial charge on any atom is -0.356 e. The summed E-state index contributed by atoms with van der Waals surface area (Å²) in [5.74, 6) is 2.31. The van der Waals surface area contributed by atoms with Gasteiger partial charge in [0.15, 0.2) is 0 Å². The van der Waals surface area contributed by atoms with Gasteiger partial charge in [-0.05, 0) is 38.1 Å². The molecule has 0 saturated carbocycles. The summed E-state index contributed by atoms with van der Waals surface area (Å²) in [6.45, 7) is 3.25. The SMILES string of the molecule is CNCCn1cc(-c2ccc(F)c(Cl)c2)nc1C1CCN(c2ncnc3c2CC(=O)N3)CC1.Cl.Cl.Cl. The lowest BCUT2D eigenvalue weighted by atomic mass is 9.95. The van der Waals surface area contributed by atoms with Crippen molar-refractivity contribution < 1.29 is 9.18 Å². The van der Waals surface area contributed by atoms with Crippen LogP contribution in [-0.2, 0) is 17.8 Å². The summed E-state index contributed by atoms with van der Waals surface area (Å²) < 4.78 is 15.8. The fourth-order valence-electron chi connectivity index (χ4n) is 4.59. The number of aromatic nitrogens is 4. The van der Waals surface area contributed by atoms with E-state index in [4.69, 9.17) is 16.6 Å². The van der Waals surface area contributed by atoms with Crippen LogP contribution in [0.1, 0.15) is 30.1 Å². The first-order valence-corrected chi connectivity index (χ1v) is 11.5. The predicted molar refractivity (Wildman–Crippen MR) is 147 cm³/mol. The Balaban J connectivity index is 0.00000152. The third-order valence-corrected chi connectivity index (χ3v) is 6.59. The molecular formula is C23H28Cl4FN7O. The second kappa shape index (κ2) is 12.9. The summed E-state index contributed by atoms with van der Waals surface area (Å²) in [6, 6.07) is 4.71. The van der Waals surface area contributed by atoms with E-state index in [1.54, 1.807) is 12.1 Å². The first-order valence-electron chi connectivity index (χ1n) is 11.1. The minimum atomic E-state index is -0.435. The van der Waals surface area contributed by atoms with Crippen LogP contribution < -0.4 is 15.5 Å². The Kier molecular flexibility index (Phi) is 10.7. The number of amides is 1. The quantitative estimate of drug-likeness (QED) is 0.448. The molecule has 2 aliphatic rings. The molecule has 1 aromatic carbocycles. The minimum absolute atomic E-state index is 0. The van der Waals surface area contributed by atoms with Gasteiger partial charge in [-0.1, -0.05) is 11.6 Å². The third kappa shape index (κ3) is 6.03. The molecule has 0 unspecified atom stereocenters. The van der Waals surface area contributed by atoms with E-state index in [9.17, 15) is 9.18 Å². The highest BCUT2D eigenvalue weighted by Gasteiger charge is 2.30. The molecule has 8 nitrogen and oxygen atoms in total. The summed E-state index contributed by atoms with van der Waals surface area (Å²) in [4.78, 5) is 27.7. The molecule has 0 aliphatic carbocycles. The number of imidazole rings is 1. The summed E-state index contributed by atoms with van der Waals surface area (Å²) >= 11 is 6.01. The van der Waals surface area contributed by atoms with Crippen LogP contribution in [0.3, 0.4) is 0 Å². The molecule has 1 saturated heterocycles. The number of fused-ring (bicyclic) bond motifs is 1. The van der Waals surface area contributed by atoms with E-state index in [0.717, 1.165) is 67.5 Å². The van der Waals surface area contributed by atoms with Gasteiger partial charge < -0.3 is 20.1 Å². The maximum atomic E-state index is 13.6. The van der Waals surface area contributed by atoms with Crippen molar-refractivity contribution in [1.29, 1.82) is 0 Å². The standard InChI is InChI=1S/C23H25ClFN7O.3ClH/c1-26-6-9-32-12-19(15-2-3-18(25)17(24)10-15)29-22(32)14-4-7-31(8-5-14)23-16-11-20(33)30-21(16)27-13-28-23;;;/h2-3,10,12-14,26H,4-9,11H2,1H3,(H,27,28,30,33);3*1H. The molecule has 2 N–H and O–H groups in total. The van der Waals surface area contributed by atoms with Gasteiger partial charge in [0, 0.05) is 49.4 Å². The number of hydrogen-bond donors (Lipinski definition) is 2. The normalized spacial score (nSPS) is 14.9. The molecule has 13 heteroatoms. The lowest BCUT2D eigenvalue weighted by molar-refractivity contribution is -0.115. The van der Waals surface area contributed by atoms with Crippen LogP contribution in [0.5, 0.6) is 0 Å². The zero-order chi connectivity index (χ0) is 22.9. The number of nitrogens with one attached hydrogen (secondary N) is 2. The van der Waals surface area contributed by atoms with E-state index in [1.165, 1.54) is 12.4 Å². The topological polar surface area (TPSA) is 88.0 Å². The van der Waals surface area contributed by atoms with Gasteiger partial charge in [0.2, 0.25) is 5.91 Å². The first kappa shape index (κ1) is 30.1. The average Bonchev–Trinajstić information content (AvgIpc) is 3.42. The lowest BCUT2D eigenvalue weighted by Gasteiger charge is -2.33. The first-order chi connectivity index (χ1) is 16.0. The average molecular weight is 579 g/mol. The molecule has 2 aromatic heterocycles. The Morgan fingerprint density at radius 1 is 1.19 bits per heavy atom. The predicted octanol–water partition coefficient (Wildman–Crippen LogP) is 4.50. The van der Waals surface area contributed by atoms with Crippen LogP contribution in [0.4, 0.5) is 16.0 Å². The zero-order valence-electron chi connectivity index (χ0n) is 19.5. The van der Waals surface area contributed by atoms with Crippen molar-refractivity contribution in [3.63, 3.8) is 0 Å². The number of carbonyl (C=O) groups excluding carboxylic acids is 1. The number of carbonyl (C=O) groups is 1. The van der Waals surface area contributed by atoms with Crippen LogP contribution in [0.2, 0.25) is 5.02 Å². The molecule has 0 bridgehead atoms. The van der Waals surface area contributed by atoms with Crippen molar-refractivity contribution in [2.24, 2.45) is 0 Å². The summed E-state index contributed by atoms with van der Waals surface area (Å²) in [6.07, 6.45) is 5.69. The summed E-state index contributed by atoms with van der Waals surface area (Å²) in [5.41, 5.74) is 2.48. The van der Waals surface area contributed by atoms with Crippen molar-refractivity contribution in [3.05, 3.63) is 53.0 Å². The highest BCUT2D eigenvalue weighted by Crippen LogP contribution is 2.35. The van der Waals surface area contributed by atoms with E-state index in [0.29, 0.717) is 12.2 Å². The molecular weight excluding hydrogens is 551 g/mol. The van der Waals surface area contributed by atoms with Gasteiger partial charge in [0.1, 0.15) is 29.6 Å². The van der Waals surface area contributed by atoms with Gasteiger partial charge in [-0.25, -0.2) is 19.3 Å². The molecule has 4 heterocycles. The highest BCUT2D eigenvalue weighted by molar-refractivity contribution is 6.31. The number of benzene rings is 1. The zero-order valence-corrected chi connectivity index (χ0v) is 22.7. The molecule has 1 fully saturated rings. The molecule has 196 valence electrons. The van der Waals surface area contributed by atoms with Crippen LogP contribution in [0.15, 0.2) is 30.7 Å². The molecule has 0 spiro atoms. The van der Waals surface area contributed by atoms with Crippen LogP contribution in [0.25, 0.3) is 11.3 Å². The molecule has 5 rings (SSSR count). The van der Waals surface area contributed by atoms with Gasteiger partial charge in [-0.15, -0.1) is 37.2 Å².